The molecule has 0 saturated heterocycles. The van der Waals surface area contributed by atoms with E-state index in [1.54, 1.807) is 24.0 Å². The minimum atomic E-state index is -3.49. The molecular formula is C12H18N4O2S2. The van der Waals surface area contributed by atoms with E-state index in [1.807, 2.05) is 18.5 Å². The third kappa shape index (κ3) is 3.45. The predicted octanol–water partition coefficient (Wildman–Crippen LogP) is 1.16. The van der Waals surface area contributed by atoms with Crippen LogP contribution in [0.2, 0.25) is 0 Å². The van der Waals surface area contributed by atoms with Crippen molar-refractivity contribution in [3.8, 4) is 0 Å². The van der Waals surface area contributed by atoms with Crippen molar-refractivity contribution in [3.05, 3.63) is 34.5 Å². The molecule has 0 aromatic carbocycles. The fourth-order valence-electron chi connectivity index (χ4n) is 1.87. The van der Waals surface area contributed by atoms with Crippen molar-refractivity contribution in [2.24, 2.45) is 0 Å². The van der Waals surface area contributed by atoms with Crippen LogP contribution in [0, 0.1) is 0 Å². The zero-order valence-corrected chi connectivity index (χ0v) is 13.1. The van der Waals surface area contributed by atoms with Crippen LogP contribution in [-0.4, -0.2) is 25.0 Å². The van der Waals surface area contributed by atoms with E-state index in [1.165, 1.54) is 11.3 Å². The third-order valence-corrected chi connectivity index (χ3v) is 5.04. The van der Waals surface area contributed by atoms with Gasteiger partial charge in [0.1, 0.15) is 0 Å². The van der Waals surface area contributed by atoms with Gasteiger partial charge in [-0.1, -0.05) is 0 Å². The monoisotopic (exact) mass is 314 g/mol. The fourth-order valence-corrected chi connectivity index (χ4v) is 3.57. The van der Waals surface area contributed by atoms with E-state index in [0.717, 1.165) is 17.1 Å². The molecule has 0 saturated carbocycles. The molecule has 110 valence electrons. The lowest BCUT2D eigenvalue weighted by Gasteiger charge is -2.03. The highest BCUT2D eigenvalue weighted by Gasteiger charge is 2.17. The fraction of sp³-hybridized carbons (Fsp3) is 0.417. The van der Waals surface area contributed by atoms with E-state index < -0.39 is 10.0 Å². The Morgan fingerprint density at radius 1 is 1.40 bits per heavy atom. The smallest absolute Gasteiger partial charge is 0.242 e. The van der Waals surface area contributed by atoms with Crippen molar-refractivity contribution in [3.63, 3.8) is 0 Å². The van der Waals surface area contributed by atoms with Gasteiger partial charge in [0.05, 0.1) is 10.4 Å². The van der Waals surface area contributed by atoms with Crippen molar-refractivity contribution in [1.29, 1.82) is 0 Å². The Morgan fingerprint density at radius 2 is 2.20 bits per heavy atom. The first-order chi connectivity index (χ1) is 9.56. The minimum Gasteiger partial charge on any atom is -0.349 e. The molecule has 0 atom stereocenters. The summed E-state index contributed by atoms with van der Waals surface area (Å²) in [6.07, 6.45) is 3.33. The molecule has 0 radical (unpaired) electrons. The lowest BCUT2D eigenvalue weighted by Crippen LogP contribution is -2.22. The molecule has 8 heteroatoms. The Labute approximate surface area is 122 Å². The van der Waals surface area contributed by atoms with Gasteiger partial charge in [0.2, 0.25) is 10.0 Å². The van der Waals surface area contributed by atoms with Gasteiger partial charge in [-0.3, -0.25) is 4.98 Å². The number of aromatic nitrogens is 2. The summed E-state index contributed by atoms with van der Waals surface area (Å²) < 4.78 is 29.0. The maximum Gasteiger partial charge on any atom is 0.242 e. The maximum atomic E-state index is 12.3. The molecule has 0 aliphatic rings. The third-order valence-electron chi connectivity index (χ3n) is 2.89. The number of hydrogen-bond acceptors (Lipinski definition) is 5. The van der Waals surface area contributed by atoms with Crippen LogP contribution >= 0.6 is 11.3 Å². The number of thiazole rings is 1. The molecule has 0 fully saturated rings. The van der Waals surface area contributed by atoms with E-state index in [9.17, 15) is 8.42 Å². The summed E-state index contributed by atoms with van der Waals surface area (Å²) >= 11 is 1.43. The molecule has 2 rings (SSSR count). The highest BCUT2D eigenvalue weighted by atomic mass is 32.2. The lowest BCUT2D eigenvalue weighted by atomic mass is 10.4. The Morgan fingerprint density at radius 3 is 2.80 bits per heavy atom. The van der Waals surface area contributed by atoms with Gasteiger partial charge in [0.25, 0.3) is 0 Å². The summed E-state index contributed by atoms with van der Waals surface area (Å²) in [5.41, 5.74) is 2.63. The lowest BCUT2D eigenvalue weighted by molar-refractivity contribution is 0.581. The summed E-state index contributed by atoms with van der Waals surface area (Å²) in [4.78, 5) is 5.11. The van der Waals surface area contributed by atoms with Crippen LogP contribution in [0.3, 0.4) is 0 Å². The highest BCUT2D eigenvalue weighted by molar-refractivity contribution is 7.89. The van der Waals surface area contributed by atoms with Crippen LogP contribution < -0.4 is 10.0 Å². The van der Waals surface area contributed by atoms with Crippen molar-refractivity contribution in [2.45, 2.75) is 31.5 Å². The molecule has 0 aliphatic carbocycles. The zero-order valence-electron chi connectivity index (χ0n) is 11.5. The molecular weight excluding hydrogens is 296 g/mol. The van der Waals surface area contributed by atoms with Crippen LogP contribution in [-0.2, 0) is 29.7 Å². The van der Waals surface area contributed by atoms with E-state index in [4.69, 9.17) is 0 Å². The molecule has 0 amide bonds. The van der Waals surface area contributed by atoms with Crippen LogP contribution in [0.25, 0.3) is 0 Å². The van der Waals surface area contributed by atoms with Crippen LogP contribution in [0.15, 0.2) is 28.9 Å². The van der Waals surface area contributed by atoms with E-state index in [2.05, 4.69) is 15.0 Å². The van der Waals surface area contributed by atoms with Gasteiger partial charge in [-0.2, -0.15) is 0 Å². The summed E-state index contributed by atoms with van der Waals surface area (Å²) in [5.74, 6) is 0. The number of aryl methyl sites for hydroxylation is 1. The zero-order chi connectivity index (χ0) is 14.6. The van der Waals surface area contributed by atoms with E-state index >= 15 is 0 Å². The average molecular weight is 314 g/mol. The Balaban J connectivity index is 2.16. The van der Waals surface area contributed by atoms with Gasteiger partial charge in [0, 0.05) is 42.6 Å². The van der Waals surface area contributed by atoms with Crippen LogP contribution in [0.4, 0.5) is 0 Å². The second-order valence-corrected chi connectivity index (χ2v) is 7.01. The number of rotatable bonds is 7. The second-order valence-electron chi connectivity index (χ2n) is 4.28. The van der Waals surface area contributed by atoms with Gasteiger partial charge in [-0.25, -0.2) is 13.1 Å². The molecule has 0 unspecified atom stereocenters. The van der Waals surface area contributed by atoms with Crippen molar-refractivity contribution in [2.75, 3.05) is 7.05 Å². The van der Waals surface area contributed by atoms with E-state index in [0.29, 0.717) is 11.4 Å². The van der Waals surface area contributed by atoms with Gasteiger partial charge >= 0.3 is 0 Å². The molecule has 6 nitrogen and oxygen atoms in total. The van der Waals surface area contributed by atoms with Gasteiger partial charge in [0.15, 0.2) is 0 Å². The predicted molar refractivity (Wildman–Crippen MR) is 79.0 cm³/mol. The minimum absolute atomic E-state index is 0.270. The highest BCUT2D eigenvalue weighted by Crippen LogP contribution is 2.15. The van der Waals surface area contributed by atoms with Crippen LogP contribution in [0.5, 0.6) is 0 Å². The molecule has 2 aromatic rings. The molecule has 0 spiro atoms. The van der Waals surface area contributed by atoms with Gasteiger partial charge in [-0.15, -0.1) is 11.3 Å². The number of nitrogens with one attached hydrogen (secondary N) is 2. The summed E-state index contributed by atoms with van der Waals surface area (Å²) in [7, 11) is -1.65. The SMILES string of the molecule is CCn1cc(S(=O)(=O)NCc2cncs2)cc1CNC. The standard InChI is InChI=1S/C12H18N4O2S2/c1-3-16-8-12(4-10(16)5-13-2)20(17,18)15-7-11-6-14-9-19-11/h4,6,8-9,13,15H,3,5,7H2,1-2H3. The number of nitrogens with zero attached hydrogens (tertiary/aromatic N) is 2. The number of hydrogen-bond donors (Lipinski definition) is 2. The maximum absolute atomic E-state index is 12.3. The van der Waals surface area contributed by atoms with Gasteiger partial charge < -0.3 is 9.88 Å². The second kappa shape index (κ2) is 6.49. The molecule has 2 N–H and O–H groups in total. The normalized spacial score (nSPS) is 11.9. The molecule has 0 bridgehead atoms. The largest absolute Gasteiger partial charge is 0.349 e. The first kappa shape index (κ1) is 15.2. The van der Waals surface area contributed by atoms with Crippen molar-refractivity contribution < 1.29 is 8.42 Å². The van der Waals surface area contributed by atoms with Gasteiger partial charge in [-0.05, 0) is 20.0 Å². The summed E-state index contributed by atoms with van der Waals surface area (Å²) in [6.45, 7) is 3.63. The summed E-state index contributed by atoms with van der Waals surface area (Å²) in [6, 6.07) is 1.70. The topological polar surface area (TPSA) is 76.0 Å². The Kier molecular flexibility index (Phi) is 4.92. The van der Waals surface area contributed by atoms with E-state index in [-0.39, 0.29) is 6.54 Å². The van der Waals surface area contributed by atoms with Crippen LogP contribution in [0.1, 0.15) is 17.5 Å². The van der Waals surface area contributed by atoms with Crippen molar-refractivity contribution >= 4 is 21.4 Å². The first-order valence-corrected chi connectivity index (χ1v) is 8.63. The molecule has 0 aliphatic heterocycles. The van der Waals surface area contributed by atoms with Crippen molar-refractivity contribution in [1.82, 2.24) is 19.6 Å². The average Bonchev–Trinajstić information content (AvgIpc) is 3.06. The first-order valence-electron chi connectivity index (χ1n) is 6.27. The quantitative estimate of drug-likeness (QED) is 0.804. The Hall–Kier alpha value is -1.22. The molecule has 20 heavy (non-hydrogen) atoms. The number of sulfonamides is 1. The Bertz CT molecular complexity index is 647. The molecule has 2 heterocycles. The molecule has 2 aromatic heterocycles. The summed E-state index contributed by atoms with van der Waals surface area (Å²) in [5, 5.41) is 3.04.